The van der Waals surface area contributed by atoms with Crippen LogP contribution >= 0.6 is 46.4 Å². The van der Waals surface area contributed by atoms with E-state index < -0.39 is 64.1 Å². The maximum Gasteiger partial charge on any atom is 0.352 e. The summed E-state index contributed by atoms with van der Waals surface area (Å²) in [4.78, 5) is 82.2. The van der Waals surface area contributed by atoms with Gasteiger partial charge in [0.2, 0.25) is 6.10 Å². The van der Waals surface area contributed by atoms with Crippen LogP contribution in [0.5, 0.6) is 0 Å². The van der Waals surface area contributed by atoms with Crippen LogP contribution in [0.1, 0.15) is 23.0 Å². The molecule has 212 valence electrons. The maximum absolute atomic E-state index is 13.1. The molecule has 0 saturated carbocycles. The van der Waals surface area contributed by atoms with Gasteiger partial charge >= 0.3 is 17.9 Å². The number of aliphatic carboxylic acids is 2. The van der Waals surface area contributed by atoms with E-state index in [1.165, 1.54) is 24.1 Å². The Balaban J connectivity index is 1.52. The lowest BCUT2D eigenvalue weighted by atomic mass is 10.0. The molecule has 2 aliphatic heterocycles. The van der Waals surface area contributed by atoms with E-state index in [0.29, 0.717) is 5.57 Å². The molecule has 4 rings (SSSR count). The molecular formula is C20H18N6O10S4. The van der Waals surface area contributed by atoms with E-state index >= 15 is 0 Å². The van der Waals surface area contributed by atoms with Gasteiger partial charge in [0.25, 0.3) is 17.4 Å². The van der Waals surface area contributed by atoms with Gasteiger partial charge in [-0.1, -0.05) is 16.7 Å². The summed E-state index contributed by atoms with van der Waals surface area (Å²) in [5, 5.41) is 34.9. The first-order valence-corrected chi connectivity index (χ1v) is 14.6. The number of carboxylic acid groups (broad SMARTS) is 3. The number of nitrogen functional groups attached to an aromatic ring is 1. The standard InChI is InChI=1S/C20H18N6O10S4/c1-5(16(30)31)36-24-9(7-4-39-20(21)22-7)13(28)23-10-14(29)26-11(18(34)35)6(2-37-15(10)26)3-38-19-8(17(32)33)12(27)25-40-19/h4-5,10,15H,2-3H2,1H3,(H2,21,22)(H,23,28)(H,25,27)(H,30,31)(H,32,33)(H,34,35)/b24-9+/t5?,10-,15-/m1/s1. The van der Waals surface area contributed by atoms with Crippen LogP contribution in [0, 0.1) is 0 Å². The number of hydrogen-bond donors (Lipinski definition) is 6. The van der Waals surface area contributed by atoms with Crippen molar-refractivity contribution in [3.8, 4) is 0 Å². The van der Waals surface area contributed by atoms with Crippen LogP contribution < -0.4 is 16.6 Å². The summed E-state index contributed by atoms with van der Waals surface area (Å²) in [6.07, 6.45) is -1.40. The average molecular weight is 631 g/mol. The van der Waals surface area contributed by atoms with Gasteiger partial charge in [-0.2, -0.15) is 0 Å². The normalized spacial score (nSPS) is 19.5. The molecule has 40 heavy (non-hydrogen) atoms. The van der Waals surface area contributed by atoms with Gasteiger partial charge in [-0.05, 0) is 12.5 Å². The Hall–Kier alpha value is -3.88. The van der Waals surface area contributed by atoms with Crippen molar-refractivity contribution in [1.29, 1.82) is 0 Å². The summed E-state index contributed by atoms with van der Waals surface area (Å²) in [5.41, 5.74) is 3.98. The number of carbonyl (C=O) groups excluding carboxylic acids is 2. The molecule has 2 amide bonds. The lowest BCUT2D eigenvalue weighted by Gasteiger charge is -2.49. The molecule has 1 saturated heterocycles. The lowest BCUT2D eigenvalue weighted by Crippen LogP contribution is -2.71. The van der Waals surface area contributed by atoms with Crippen molar-refractivity contribution < 1.29 is 44.1 Å². The minimum atomic E-state index is -1.42. The molecule has 2 aromatic heterocycles. The Morgan fingerprint density at radius 1 is 1.30 bits per heavy atom. The molecule has 3 atom stereocenters. The van der Waals surface area contributed by atoms with Gasteiger partial charge in [-0.25, -0.2) is 19.4 Å². The van der Waals surface area contributed by atoms with Gasteiger partial charge < -0.3 is 31.2 Å². The summed E-state index contributed by atoms with van der Waals surface area (Å²) in [6.45, 7) is 1.19. The van der Waals surface area contributed by atoms with Crippen molar-refractivity contribution in [2.24, 2.45) is 5.16 Å². The van der Waals surface area contributed by atoms with Crippen molar-refractivity contribution in [2.45, 2.75) is 28.7 Å². The predicted octanol–water partition coefficient (Wildman–Crippen LogP) is -0.102. The van der Waals surface area contributed by atoms with Gasteiger partial charge in [0.05, 0.1) is 4.21 Å². The number of carbonyl (C=O) groups is 5. The van der Waals surface area contributed by atoms with Crippen molar-refractivity contribution in [2.75, 3.05) is 17.2 Å². The van der Waals surface area contributed by atoms with E-state index in [4.69, 9.17) is 15.7 Å². The third kappa shape index (κ3) is 5.69. The van der Waals surface area contributed by atoms with Crippen LogP contribution in [-0.2, 0) is 24.0 Å². The number of aromatic carboxylic acids is 1. The van der Waals surface area contributed by atoms with Crippen LogP contribution in [0.2, 0.25) is 0 Å². The average Bonchev–Trinajstić information content (AvgIpc) is 3.49. The van der Waals surface area contributed by atoms with E-state index in [0.717, 1.165) is 39.5 Å². The molecule has 7 N–H and O–H groups in total. The van der Waals surface area contributed by atoms with Crippen molar-refractivity contribution >= 4 is 87.0 Å². The number of rotatable bonds is 11. The smallest absolute Gasteiger partial charge is 0.352 e. The minimum absolute atomic E-state index is 0.00259. The summed E-state index contributed by atoms with van der Waals surface area (Å²) in [6, 6.07) is -1.15. The van der Waals surface area contributed by atoms with Gasteiger partial charge in [0.15, 0.2) is 16.4 Å². The number of aromatic nitrogens is 2. The Labute approximate surface area is 239 Å². The van der Waals surface area contributed by atoms with Crippen molar-refractivity contribution in [3.05, 3.63) is 38.3 Å². The fourth-order valence-electron chi connectivity index (χ4n) is 3.51. The van der Waals surface area contributed by atoms with Crippen LogP contribution in [-0.4, -0.2) is 94.0 Å². The number of β-lactam (4-membered cyclic amide) rings is 1. The van der Waals surface area contributed by atoms with Gasteiger partial charge in [0.1, 0.15) is 22.8 Å². The van der Waals surface area contributed by atoms with E-state index in [1.807, 2.05) is 0 Å². The van der Waals surface area contributed by atoms with Crippen LogP contribution in [0.4, 0.5) is 5.13 Å². The zero-order chi connectivity index (χ0) is 29.3. The molecule has 0 bridgehead atoms. The number of anilines is 1. The molecule has 2 aromatic rings. The molecule has 0 aliphatic carbocycles. The first-order valence-electron chi connectivity index (χ1n) is 10.9. The Morgan fingerprint density at radius 3 is 2.62 bits per heavy atom. The fraction of sp³-hybridized carbons (Fsp3) is 0.300. The van der Waals surface area contributed by atoms with Crippen molar-refractivity contribution in [1.82, 2.24) is 19.6 Å². The van der Waals surface area contributed by atoms with E-state index in [1.54, 1.807) is 0 Å². The number of nitrogens with two attached hydrogens (primary N) is 1. The molecule has 4 heterocycles. The zero-order valence-corrected chi connectivity index (χ0v) is 23.2. The highest BCUT2D eigenvalue weighted by atomic mass is 32.2. The topological polar surface area (TPSA) is 255 Å². The van der Waals surface area contributed by atoms with E-state index in [9.17, 15) is 39.0 Å². The number of H-pyrrole nitrogens is 1. The lowest BCUT2D eigenvalue weighted by molar-refractivity contribution is -0.150. The number of fused-ring (bicyclic) bond motifs is 1. The zero-order valence-electron chi connectivity index (χ0n) is 20.0. The largest absolute Gasteiger partial charge is 0.478 e. The molecule has 0 aromatic carbocycles. The summed E-state index contributed by atoms with van der Waals surface area (Å²) < 4.78 is 2.49. The van der Waals surface area contributed by atoms with Crippen LogP contribution in [0.3, 0.4) is 0 Å². The third-order valence-electron chi connectivity index (χ3n) is 5.42. The number of hydrogen-bond acceptors (Lipinski definition) is 14. The monoisotopic (exact) mass is 630 g/mol. The highest BCUT2D eigenvalue weighted by Gasteiger charge is 2.54. The molecule has 1 fully saturated rings. The molecular weight excluding hydrogens is 613 g/mol. The second kappa shape index (κ2) is 11.7. The maximum atomic E-state index is 13.1. The first kappa shape index (κ1) is 29.1. The SMILES string of the molecule is CC(O/N=C(/C(=O)N[C@@H]1C(=O)N2C(C(=O)O)=C(CSc3s[nH]c(=O)c3C(=O)O)CS[C@H]12)c1csc(N)n1)C(=O)O. The number of amides is 2. The molecule has 1 unspecified atom stereocenters. The molecule has 0 radical (unpaired) electrons. The van der Waals surface area contributed by atoms with Gasteiger partial charge in [-0.15, -0.1) is 34.9 Å². The van der Waals surface area contributed by atoms with Gasteiger partial charge in [0, 0.05) is 16.9 Å². The number of thioether (sulfide) groups is 2. The second-order valence-electron chi connectivity index (χ2n) is 8.00. The molecule has 0 spiro atoms. The second-order valence-corrected chi connectivity index (χ2v) is 12.1. The fourth-order valence-corrected chi connectivity index (χ4v) is 7.51. The summed E-state index contributed by atoms with van der Waals surface area (Å²) in [5.74, 6) is -5.66. The number of nitrogens with one attached hydrogen (secondary N) is 2. The number of aromatic amines is 1. The Bertz CT molecular complexity index is 1530. The molecule has 20 heteroatoms. The Morgan fingerprint density at radius 2 is 2.02 bits per heavy atom. The van der Waals surface area contributed by atoms with Crippen LogP contribution in [0.25, 0.3) is 0 Å². The number of nitrogens with zero attached hydrogens (tertiary/aromatic N) is 3. The van der Waals surface area contributed by atoms with Crippen molar-refractivity contribution in [3.63, 3.8) is 0 Å². The molecule has 16 nitrogen and oxygen atoms in total. The summed E-state index contributed by atoms with van der Waals surface area (Å²) >= 11 is 3.92. The van der Waals surface area contributed by atoms with Gasteiger partial charge in [-0.3, -0.25) is 23.7 Å². The first-order chi connectivity index (χ1) is 18.9. The van der Waals surface area contributed by atoms with E-state index in [-0.39, 0.29) is 32.2 Å². The number of thiazole rings is 1. The van der Waals surface area contributed by atoms with Crippen LogP contribution in [0.15, 0.2) is 30.8 Å². The quantitative estimate of drug-likeness (QED) is 0.0820. The third-order valence-corrected chi connectivity index (χ3v) is 9.68. The Kier molecular flexibility index (Phi) is 8.51. The molecule has 2 aliphatic rings. The van der Waals surface area contributed by atoms with E-state index in [2.05, 4.69) is 19.8 Å². The number of oxime groups is 1. The highest BCUT2D eigenvalue weighted by Crippen LogP contribution is 2.42. The number of carboxylic acids is 3. The summed E-state index contributed by atoms with van der Waals surface area (Å²) in [7, 11) is 0. The minimum Gasteiger partial charge on any atom is -0.478 e. The predicted molar refractivity (Wildman–Crippen MR) is 144 cm³/mol. The highest BCUT2D eigenvalue weighted by molar-refractivity contribution is 8.02.